The van der Waals surface area contributed by atoms with Gasteiger partial charge in [-0.15, -0.1) is 0 Å². The van der Waals surface area contributed by atoms with Crippen LogP contribution in [0.25, 0.3) is 0 Å². The van der Waals surface area contributed by atoms with Crippen molar-refractivity contribution in [1.29, 1.82) is 0 Å². The first-order valence-corrected chi connectivity index (χ1v) is 2.08. The summed E-state index contributed by atoms with van der Waals surface area (Å²) in [4.78, 5) is 19.7. The summed E-state index contributed by atoms with van der Waals surface area (Å²) in [5, 5.41) is 0. The minimum atomic E-state index is -0.701. The van der Waals surface area contributed by atoms with Crippen LogP contribution in [0, 0.1) is 0 Å². The quantitative estimate of drug-likeness (QED) is 0.437. The maximum atomic E-state index is 10.0. The molecule has 1 saturated heterocycles. The molecule has 2 atom stereocenters. The molecule has 1 amide bonds. The third kappa shape index (κ3) is 0.696. The molecular formula is C4H4NO3. The molecule has 0 aromatic carbocycles. The van der Waals surface area contributed by atoms with E-state index in [1.54, 1.807) is 0 Å². The average Bonchev–Trinajstić information content (AvgIpc) is 2.42. The fourth-order valence-corrected chi connectivity index (χ4v) is 0.418. The number of hydrogen-bond acceptors (Lipinski definition) is 3. The maximum absolute atomic E-state index is 10.0. The van der Waals surface area contributed by atoms with Gasteiger partial charge in [-0.25, -0.2) is 0 Å². The zero-order valence-corrected chi connectivity index (χ0v) is 3.96. The second-order valence-corrected chi connectivity index (χ2v) is 1.50. The molecule has 1 rings (SSSR count). The lowest BCUT2D eigenvalue weighted by molar-refractivity contribution is -0.119. The Labute approximate surface area is 45.6 Å². The SMILES string of the molecule is NC(=O)[C@H]1O[C@@H]1[C]=O. The lowest BCUT2D eigenvalue weighted by Gasteiger charge is -1.75. The summed E-state index contributed by atoms with van der Waals surface area (Å²) in [6, 6.07) is 0. The first kappa shape index (κ1) is 5.24. The van der Waals surface area contributed by atoms with Gasteiger partial charge >= 0.3 is 0 Å². The molecule has 2 N–H and O–H groups in total. The lowest BCUT2D eigenvalue weighted by atomic mass is 10.3. The topological polar surface area (TPSA) is 72.7 Å². The highest BCUT2D eigenvalue weighted by Gasteiger charge is 2.44. The first-order valence-electron chi connectivity index (χ1n) is 2.08. The van der Waals surface area contributed by atoms with Crippen molar-refractivity contribution in [3.8, 4) is 0 Å². The number of carbonyl (C=O) groups is 1. The van der Waals surface area contributed by atoms with Crippen molar-refractivity contribution in [2.24, 2.45) is 5.73 Å². The normalized spacial score (nSPS) is 34.0. The highest BCUT2D eigenvalue weighted by atomic mass is 16.6. The van der Waals surface area contributed by atoms with Crippen molar-refractivity contribution in [2.45, 2.75) is 12.2 Å². The Hall–Kier alpha value is -0.900. The first-order chi connectivity index (χ1) is 3.75. The molecule has 1 fully saturated rings. The van der Waals surface area contributed by atoms with Gasteiger partial charge in [-0.05, 0) is 0 Å². The van der Waals surface area contributed by atoms with E-state index in [0.717, 1.165) is 0 Å². The number of carbonyl (C=O) groups excluding carboxylic acids is 2. The van der Waals surface area contributed by atoms with E-state index in [0.29, 0.717) is 0 Å². The van der Waals surface area contributed by atoms with Gasteiger partial charge in [0.2, 0.25) is 12.2 Å². The van der Waals surface area contributed by atoms with Crippen molar-refractivity contribution >= 4 is 12.2 Å². The van der Waals surface area contributed by atoms with E-state index in [9.17, 15) is 9.59 Å². The molecular weight excluding hydrogens is 110 g/mol. The summed E-state index contributed by atoms with van der Waals surface area (Å²) >= 11 is 0. The predicted octanol–water partition coefficient (Wildman–Crippen LogP) is -1.65. The van der Waals surface area contributed by atoms with E-state index in [4.69, 9.17) is 5.73 Å². The van der Waals surface area contributed by atoms with Crippen molar-refractivity contribution < 1.29 is 14.3 Å². The molecule has 0 saturated carbocycles. The van der Waals surface area contributed by atoms with Crippen LogP contribution in [-0.2, 0) is 14.3 Å². The largest absolute Gasteiger partial charge is 0.367 e. The van der Waals surface area contributed by atoms with Gasteiger partial charge in [0.1, 0.15) is 0 Å². The Balaban J connectivity index is 2.36. The molecule has 4 heteroatoms. The zero-order chi connectivity index (χ0) is 6.15. The third-order valence-electron chi connectivity index (χ3n) is 0.888. The van der Waals surface area contributed by atoms with Gasteiger partial charge in [-0.1, -0.05) is 0 Å². The Morgan fingerprint density at radius 2 is 2.38 bits per heavy atom. The molecule has 0 spiro atoms. The zero-order valence-electron chi connectivity index (χ0n) is 3.96. The molecule has 0 bridgehead atoms. The number of ether oxygens (including phenoxy) is 1. The molecule has 1 heterocycles. The minimum Gasteiger partial charge on any atom is -0.367 e. The highest BCUT2D eigenvalue weighted by molar-refractivity contribution is 5.87. The molecule has 1 aliphatic rings. The second kappa shape index (κ2) is 1.56. The summed E-state index contributed by atoms with van der Waals surface area (Å²) in [5.74, 6) is -0.599. The summed E-state index contributed by atoms with van der Waals surface area (Å²) in [6.45, 7) is 0. The molecule has 8 heavy (non-hydrogen) atoms. The van der Waals surface area contributed by atoms with Crippen molar-refractivity contribution in [3.63, 3.8) is 0 Å². The summed E-state index contributed by atoms with van der Waals surface area (Å²) < 4.78 is 4.43. The van der Waals surface area contributed by atoms with Crippen molar-refractivity contribution in [3.05, 3.63) is 0 Å². The fraction of sp³-hybridized carbons (Fsp3) is 0.500. The Bertz CT molecular complexity index is 133. The van der Waals surface area contributed by atoms with E-state index < -0.39 is 18.1 Å². The van der Waals surface area contributed by atoms with Crippen LogP contribution in [0.3, 0.4) is 0 Å². The Kier molecular flexibility index (Phi) is 1.02. The van der Waals surface area contributed by atoms with Gasteiger partial charge < -0.3 is 10.5 Å². The molecule has 0 aliphatic carbocycles. The van der Waals surface area contributed by atoms with E-state index in [-0.39, 0.29) is 0 Å². The smallest absolute Gasteiger partial charge is 0.249 e. The minimum absolute atomic E-state index is 0.599. The summed E-state index contributed by atoms with van der Waals surface area (Å²) in [7, 11) is 0. The van der Waals surface area contributed by atoms with Crippen LogP contribution < -0.4 is 5.73 Å². The maximum Gasteiger partial charge on any atom is 0.249 e. The third-order valence-corrected chi connectivity index (χ3v) is 0.888. The van der Waals surface area contributed by atoms with E-state index in [1.165, 1.54) is 6.29 Å². The molecule has 1 aliphatic heterocycles. The van der Waals surface area contributed by atoms with Gasteiger partial charge in [0.25, 0.3) is 0 Å². The van der Waals surface area contributed by atoms with Gasteiger partial charge in [0, 0.05) is 0 Å². The van der Waals surface area contributed by atoms with Crippen LogP contribution in [-0.4, -0.2) is 24.4 Å². The van der Waals surface area contributed by atoms with E-state index >= 15 is 0 Å². The monoisotopic (exact) mass is 114 g/mol. The van der Waals surface area contributed by atoms with Crippen molar-refractivity contribution in [1.82, 2.24) is 0 Å². The number of nitrogens with two attached hydrogens (primary N) is 1. The lowest BCUT2D eigenvalue weighted by Crippen LogP contribution is -2.19. The standard InChI is InChI=1S/C4H4NO3/c5-4(7)3-2(1-6)8-3/h2-3H,(H2,5,7)/t2-,3+/m1/s1. The molecule has 4 nitrogen and oxygen atoms in total. The van der Waals surface area contributed by atoms with Gasteiger partial charge in [0.05, 0.1) is 0 Å². The van der Waals surface area contributed by atoms with Gasteiger partial charge in [-0.3, -0.25) is 9.59 Å². The van der Waals surface area contributed by atoms with Gasteiger partial charge in [0.15, 0.2) is 12.2 Å². The van der Waals surface area contributed by atoms with E-state index in [2.05, 4.69) is 4.74 Å². The summed E-state index contributed by atoms with van der Waals surface area (Å²) in [6.07, 6.45) is 0.108. The Morgan fingerprint density at radius 3 is 2.50 bits per heavy atom. The molecule has 1 radical (unpaired) electrons. The number of primary amides is 1. The van der Waals surface area contributed by atoms with Crippen LogP contribution in [0.1, 0.15) is 0 Å². The highest BCUT2D eigenvalue weighted by Crippen LogP contribution is 2.17. The van der Waals surface area contributed by atoms with E-state index in [1.807, 2.05) is 0 Å². The number of rotatable bonds is 2. The second-order valence-electron chi connectivity index (χ2n) is 1.50. The number of amides is 1. The number of epoxide rings is 1. The average molecular weight is 114 g/mol. The van der Waals surface area contributed by atoms with Crippen LogP contribution in [0.15, 0.2) is 0 Å². The van der Waals surface area contributed by atoms with Crippen LogP contribution in [0.4, 0.5) is 0 Å². The van der Waals surface area contributed by atoms with Crippen molar-refractivity contribution in [2.75, 3.05) is 0 Å². The van der Waals surface area contributed by atoms with Crippen LogP contribution >= 0.6 is 0 Å². The molecule has 0 unspecified atom stereocenters. The molecule has 0 aromatic heterocycles. The van der Waals surface area contributed by atoms with Crippen LogP contribution in [0.5, 0.6) is 0 Å². The Morgan fingerprint density at radius 1 is 1.75 bits per heavy atom. The fourth-order valence-electron chi connectivity index (χ4n) is 0.418. The number of hydrogen-bond donors (Lipinski definition) is 1. The van der Waals surface area contributed by atoms with Crippen LogP contribution in [0.2, 0.25) is 0 Å². The summed E-state index contributed by atoms with van der Waals surface area (Å²) in [5.41, 5.74) is 4.72. The van der Waals surface area contributed by atoms with Gasteiger partial charge in [-0.2, -0.15) is 0 Å². The molecule has 43 valence electrons. The molecule has 0 aromatic rings. The predicted molar refractivity (Wildman–Crippen MR) is 23.5 cm³/mol.